The van der Waals surface area contributed by atoms with Crippen molar-refractivity contribution in [1.82, 2.24) is 0 Å². The number of hydrogen-bond acceptors (Lipinski definition) is 4. The normalized spacial score (nSPS) is 43.8. The Balaban J connectivity index is 2.17. The van der Waals surface area contributed by atoms with E-state index in [9.17, 15) is 29.7 Å². The van der Waals surface area contributed by atoms with Crippen molar-refractivity contribution < 1.29 is 29.7 Å². The van der Waals surface area contributed by atoms with Gasteiger partial charge in [-0.3, -0.25) is 14.4 Å². The predicted octanol–water partition coefficient (Wildman–Crippen LogP) is 1.87. The van der Waals surface area contributed by atoms with Crippen LogP contribution in [0, 0.1) is 33.0 Å². The molecule has 4 aliphatic rings. The Kier molecular flexibility index (Phi) is 3.06. The van der Waals surface area contributed by atoms with Crippen molar-refractivity contribution in [2.45, 2.75) is 51.4 Å². The highest BCUT2D eigenvalue weighted by molar-refractivity contribution is 5.86. The Labute approximate surface area is 132 Å². The summed E-state index contributed by atoms with van der Waals surface area (Å²) in [6.07, 6.45) is 1.36. The van der Waals surface area contributed by atoms with Crippen LogP contribution in [-0.2, 0) is 14.4 Å². The van der Waals surface area contributed by atoms with Crippen LogP contribution in [0.25, 0.3) is 0 Å². The first-order valence-electron chi connectivity index (χ1n) is 7.71. The summed E-state index contributed by atoms with van der Waals surface area (Å²) < 4.78 is 0. The first-order chi connectivity index (χ1) is 10.6. The maximum absolute atomic E-state index is 11.9. The molecule has 0 saturated heterocycles. The maximum Gasteiger partial charge on any atom is 0.309 e. The van der Waals surface area contributed by atoms with E-state index in [-0.39, 0.29) is 44.9 Å². The molecule has 124 valence electrons. The summed E-state index contributed by atoms with van der Waals surface area (Å²) >= 11 is 0. The second kappa shape index (κ2) is 4.47. The summed E-state index contributed by atoms with van der Waals surface area (Å²) in [6.45, 7) is 0. The fourth-order valence-electron chi connectivity index (χ4n) is 6.11. The molecule has 0 aromatic heterocycles. The average molecular weight is 321 g/mol. The van der Waals surface area contributed by atoms with Gasteiger partial charge in [0.25, 0.3) is 0 Å². The molecule has 23 heavy (non-hydrogen) atoms. The predicted molar refractivity (Wildman–Crippen MR) is 75.2 cm³/mol. The summed E-state index contributed by atoms with van der Waals surface area (Å²) in [5.41, 5.74) is -4.59. The van der Waals surface area contributed by atoms with E-state index in [1.807, 2.05) is 6.07 Å². The lowest BCUT2D eigenvalue weighted by molar-refractivity contribution is -0.227. The number of aliphatic carboxylic acids is 3. The van der Waals surface area contributed by atoms with E-state index < -0.39 is 39.6 Å². The molecule has 3 N–H and O–H groups in total. The smallest absolute Gasteiger partial charge is 0.309 e. The van der Waals surface area contributed by atoms with Crippen molar-refractivity contribution in [3.8, 4) is 6.07 Å². The van der Waals surface area contributed by atoms with E-state index >= 15 is 0 Å². The zero-order valence-electron chi connectivity index (χ0n) is 12.7. The molecule has 0 aromatic carbocycles. The first kappa shape index (κ1) is 15.8. The largest absolute Gasteiger partial charge is 0.481 e. The minimum Gasteiger partial charge on any atom is -0.481 e. The lowest BCUT2D eigenvalue weighted by Crippen LogP contribution is -2.66. The molecular formula is C16H19NO6. The Hall–Kier alpha value is -2.10. The molecule has 4 saturated carbocycles. The van der Waals surface area contributed by atoms with Crippen LogP contribution in [-0.4, -0.2) is 33.2 Å². The van der Waals surface area contributed by atoms with Crippen molar-refractivity contribution in [3.63, 3.8) is 0 Å². The zero-order chi connectivity index (χ0) is 17.1. The maximum atomic E-state index is 11.9. The van der Waals surface area contributed by atoms with Crippen molar-refractivity contribution in [2.75, 3.05) is 0 Å². The molecule has 0 unspecified atom stereocenters. The standard InChI is InChI=1S/C16H19NO6/c17-3-1-2-13-4-14(10(18)19)7-15(5-13,11(20)21)9-16(6-13,8-14)12(22)23/h1-2,4-9H2,(H,18,19)(H,20,21)(H,22,23). The highest BCUT2D eigenvalue weighted by atomic mass is 16.4. The van der Waals surface area contributed by atoms with Gasteiger partial charge in [-0.1, -0.05) is 0 Å². The minimum atomic E-state index is -1.30. The van der Waals surface area contributed by atoms with Gasteiger partial charge in [0.2, 0.25) is 0 Å². The number of carbonyl (C=O) groups is 3. The summed E-state index contributed by atoms with van der Waals surface area (Å²) in [4.78, 5) is 35.8. The van der Waals surface area contributed by atoms with Crippen molar-refractivity contribution in [1.29, 1.82) is 5.26 Å². The van der Waals surface area contributed by atoms with E-state index in [1.165, 1.54) is 0 Å². The monoisotopic (exact) mass is 321 g/mol. The first-order valence-corrected chi connectivity index (χ1v) is 7.71. The van der Waals surface area contributed by atoms with E-state index in [2.05, 4.69) is 0 Å². The van der Waals surface area contributed by atoms with Crippen molar-refractivity contribution in [2.24, 2.45) is 21.7 Å². The fourth-order valence-corrected chi connectivity index (χ4v) is 6.11. The number of carboxylic acids is 3. The van der Waals surface area contributed by atoms with Gasteiger partial charge in [0.15, 0.2) is 0 Å². The van der Waals surface area contributed by atoms with Gasteiger partial charge in [-0.25, -0.2) is 0 Å². The molecule has 0 spiro atoms. The lowest BCUT2D eigenvalue weighted by atomic mass is 9.34. The van der Waals surface area contributed by atoms with Crippen LogP contribution in [0.3, 0.4) is 0 Å². The summed E-state index contributed by atoms with van der Waals surface area (Å²) in [5, 5.41) is 38.2. The van der Waals surface area contributed by atoms with Gasteiger partial charge >= 0.3 is 17.9 Å². The van der Waals surface area contributed by atoms with Crippen molar-refractivity contribution >= 4 is 17.9 Å². The second-order valence-corrected chi connectivity index (χ2v) is 7.98. The van der Waals surface area contributed by atoms with E-state index in [4.69, 9.17) is 5.26 Å². The van der Waals surface area contributed by atoms with Crippen LogP contribution >= 0.6 is 0 Å². The number of rotatable bonds is 5. The van der Waals surface area contributed by atoms with E-state index in [0.717, 1.165) is 0 Å². The zero-order valence-corrected chi connectivity index (χ0v) is 12.7. The molecule has 0 atom stereocenters. The van der Waals surface area contributed by atoms with Gasteiger partial charge < -0.3 is 15.3 Å². The van der Waals surface area contributed by atoms with Gasteiger partial charge in [0.1, 0.15) is 0 Å². The van der Waals surface area contributed by atoms with Gasteiger partial charge in [0.05, 0.1) is 22.3 Å². The second-order valence-electron chi connectivity index (χ2n) is 7.98. The van der Waals surface area contributed by atoms with E-state index in [1.54, 1.807) is 0 Å². The Morgan fingerprint density at radius 1 is 0.783 bits per heavy atom. The van der Waals surface area contributed by atoms with Gasteiger partial charge in [0, 0.05) is 6.42 Å². The molecule has 7 nitrogen and oxygen atoms in total. The third-order valence-electron chi connectivity index (χ3n) is 6.30. The van der Waals surface area contributed by atoms with Gasteiger partial charge in [-0.2, -0.15) is 5.26 Å². The number of hydrogen-bond donors (Lipinski definition) is 3. The minimum absolute atomic E-state index is 0.00595. The fraction of sp³-hybridized carbons (Fsp3) is 0.750. The molecule has 7 heteroatoms. The quantitative estimate of drug-likeness (QED) is 0.703. The summed E-state index contributed by atoms with van der Waals surface area (Å²) in [5.74, 6) is -3.31. The Bertz CT molecular complexity index is 565. The third kappa shape index (κ3) is 1.97. The van der Waals surface area contributed by atoms with Gasteiger partial charge in [-0.05, 0) is 50.4 Å². The third-order valence-corrected chi connectivity index (χ3v) is 6.30. The van der Waals surface area contributed by atoms with Crippen LogP contribution in [0.15, 0.2) is 0 Å². The Morgan fingerprint density at radius 2 is 1.13 bits per heavy atom. The molecule has 0 amide bonds. The molecule has 0 aromatic rings. The topological polar surface area (TPSA) is 136 Å². The summed E-state index contributed by atoms with van der Waals surface area (Å²) in [7, 11) is 0. The SMILES string of the molecule is N#CCCC12CC3(C(=O)O)CC(C(=O)O)(C1)CC(C(=O)O)(C2)C3. The van der Waals surface area contributed by atoms with E-state index in [0.29, 0.717) is 6.42 Å². The molecule has 0 radical (unpaired) electrons. The highest BCUT2D eigenvalue weighted by Gasteiger charge is 2.74. The average Bonchev–Trinajstić information content (AvgIpc) is 2.43. The van der Waals surface area contributed by atoms with Gasteiger partial charge in [-0.15, -0.1) is 0 Å². The lowest BCUT2D eigenvalue weighted by Gasteiger charge is -2.66. The Morgan fingerprint density at radius 3 is 1.39 bits per heavy atom. The molecule has 0 aliphatic heterocycles. The van der Waals surface area contributed by atoms with Crippen LogP contribution in [0.2, 0.25) is 0 Å². The van der Waals surface area contributed by atoms with Crippen LogP contribution in [0.4, 0.5) is 0 Å². The highest BCUT2D eigenvalue weighted by Crippen LogP contribution is 2.75. The van der Waals surface area contributed by atoms with Crippen molar-refractivity contribution in [3.05, 3.63) is 0 Å². The molecule has 4 aliphatic carbocycles. The summed E-state index contributed by atoms with van der Waals surface area (Å²) in [6, 6.07) is 2.03. The number of nitrogens with zero attached hydrogens (tertiary/aromatic N) is 1. The molecule has 4 bridgehead atoms. The van der Waals surface area contributed by atoms with Crippen LogP contribution in [0.5, 0.6) is 0 Å². The van der Waals surface area contributed by atoms with Crippen LogP contribution in [0.1, 0.15) is 51.4 Å². The molecular weight excluding hydrogens is 302 g/mol. The molecule has 4 rings (SSSR count). The molecule has 4 fully saturated rings. The number of carboxylic acid groups (broad SMARTS) is 3. The van der Waals surface area contributed by atoms with Crippen LogP contribution < -0.4 is 0 Å². The number of nitriles is 1. The molecule has 0 heterocycles.